The zero-order chi connectivity index (χ0) is 14.0. The smallest absolute Gasteiger partial charge is 0.125 e. The highest BCUT2D eigenvalue weighted by atomic mass is 32.1. The Morgan fingerprint density at radius 2 is 1.10 bits per heavy atom. The molecule has 2 heterocycles. The number of benzene rings is 2. The Morgan fingerprint density at radius 1 is 0.700 bits per heavy atom. The van der Waals surface area contributed by atoms with Crippen LogP contribution in [0.5, 0.6) is 11.5 Å². The van der Waals surface area contributed by atoms with Gasteiger partial charge in [-0.3, -0.25) is 0 Å². The summed E-state index contributed by atoms with van der Waals surface area (Å²) in [5.41, 5.74) is 0. The van der Waals surface area contributed by atoms with Crippen LogP contribution < -0.4 is 0 Å². The van der Waals surface area contributed by atoms with Crippen molar-refractivity contribution >= 4 is 53.6 Å². The van der Waals surface area contributed by atoms with Crippen LogP contribution in [0, 0.1) is 13.8 Å². The van der Waals surface area contributed by atoms with Gasteiger partial charge in [0, 0.05) is 29.9 Å². The molecule has 0 unspecified atom stereocenters. The number of aryl methyl sites for hydroxylation is 2. The highest BCUT2D eigenvalue weighted by Crippen LogP contribution is 2.46. The lowest BCUT2D eigenvalue weighted by Gasteiger charge is -2.06. The van der Waals surface area contributed by atoms with Gasteiger partial charge in [-0.25, -0.2) is 0 Å². The molecule has 0 bridgehead atoms. The minimum atomic E-state index is 0.244. The van der Waals surface area contributed by atoms with Crippen LogP contribution in [-0.2, 0) is 0 Å². The minimum Gasteiger partial charge on any atom is -0.507 e. The highest BCUT2D eigenvalue weighted by molar-refractivity contribution is 7.21. The van der Waals surface area contributed by atoms with Crippen molar-refractivity contribution in [3.05, 3.63) is 34.0 Å². The van der Waals surface area contributed by atoms with E-state index in [0.717, 1.165) is 30.9 Å². The van der Waals surface area contributed by atoms with Crippen molar-refractivity contribution in [3.63, 3.8) is 0 Å². The van der Waals surface area contributed by atoms with Crippen LogP contribution in [0.4, 0.5) is 0 Å². The largest absolute Gasteiger partial charge is 0.507 e. The van der Waals surface area contributed by atoms with Gasteiger partial charge in [0.1, 0.15) is 11.5 Å². The number of phenols is 2. The second-order valence-electron chi connectivity index (χ2n) is 5.09. The van der Waals surface area contributed by atoms with Crippen LogP contribution in [0.25, 0.3) is 30.9 Å². The molecule has 4 aromatic rings. The summed E-state index contributed by atoms with van der Waals surface area (Å²) in [5.74, 6) is 0.487. The summed E-state index contributed by atoms with van der Waals surface area (Å²) in [5, 5.41) is 24.3. The average Bonchev–Trinajstić information content (AvgIpc) is 2.89. The van der Waals surface area contributed by atoms with E-state index in [1.807, 2.05) is 26.0 Å². The van der Waals surface area contributed by atoms with Gasteiger partial charge in [0.15, 0.2) is 0 Å². The van der Waals surface area contributed by atoms with E-state index in [4.69, 9.17) is 0 Å². The third kappa shape index (κ3) is 1.49. The molecule has 2 nitrogen and oxygen atoms in total. The number of phenolic OH excluding ortho intramolecular Hbond substituents is 2. The molecule has 0 spiro atoms. The zero-order valence-electron chi connectivity index (χ0n) is 11.0. The molecule has 0 aliphatic heterocycles. The summed E-state index contributed by atoms with van der Waals surface area (Å²) in [4.78, 5) is 2.35. The molecule has 20 heavy (non-hydrogen) atoms. The number of thiophene rings is 2. The molecular weight excluding hydrogens is 288 g/mol. The van der Waals surface area contributed by atoms with Gasteiger partial charge in [-0.1, -0.05) is 0 Å². The molecule has 2 aromatic carbocycles. The van der Waals surface area contributed by atoms with Gasteiger partial charge in [0.2, 0.25) is 0 Å². The van der Waals surface area contributed by atoms with Gasteiger partial charge in [-0.15, -0.1) is 22.7 Å². The second-order valence-corrected chi connectivity index (χ2v) is 7.60. The third-order valence-corrected chi connectivity index (χ3v) is 5.74. The Hall–Kier alpha value is -1.78. The molecule has 0 fully saturated rings. The zero-order valence-corrected chi connectivity index (χ0v) is 12.7. The fraction of sp³-hybridized carbons (Fsp3) is 0.125. The number of aromatic hydroxyl groups is 2. The van der Waals surface area contributed by atoms with Gasteiger partial charge < -0.3 is 10.2 Å². The molecule has 0 atom stereocenters. The molecule has 0 saturated carbocycles. The first-order chi connectivity index (χ1) is 9.54. The summed E-state index contributed by atoms with van der Waals surface area (Å²) in [6.07, 6.45) is 0. The first-order valence-electron chi connectivity index (χ1n) is 6.32. The minimum absolute atomic E-state index is 0.244. The summed E-state index contributed by atoms with van der Waals surface area (Å²) in [6.45, 7) is 4.08. The van der Waals surface area contributed by atoms with E-state index in [1.165, 1.54) is 9.75 Å². The van der Waals surface area contributed by atoms with Crippen molar-refractivity contribution in [1.29, 1.82) is 0 Å². The molecule has 2 aromatic heterocycles. The first kappa shape index (κ1) is 12.0. The monoisotopic (exact) mass is 300 g/mol. The van der Waals surface area contributed by atoms with Crippen LogP contribution in [0.15, 0.2) is 24.3 Å². The summed E-state index contributed by atoms with van der Waals surface area (Å²) < 4.78 is 2.08. The van der Waals surface area contributed by atoms with Crippen molar-refractivity contribution in [1.82, 2.24) is 0 Å². The van der Waals surface area contributed by atoms with Gasteiger partial charge >= 0.3 is 0 Å². The van der Waals surface area contributed by atoms with Gasteiger partial charge in [0.05, 0.1) is 0 Å². The van der Waals surface area contributed by atoms with Crippen LogP contribution in [0.2, 0.25) is 0 Å². The number of rotatable bonds is 0. The fourth-order valence-electron chi connectivity index (χ4n) is 2.83. The van der Waals surface area contributed by atoms with Crippen LogP contribution in [0.3, 0.4) is 0 Å². The average molecular weight is 300 g/mol. The van der Waals surface area contributed by atoms with E-state index >= 15 is 0 Å². The predicted molar refractivity (Wildman–Crippen MR) is 87.5 cm³/mol. The maximum Gasteiger partial charge on any atom is 0.125 e. The highest BCUT2D eigenvalue weighted by Gasteiger charge is 2.16. The Morgan fingerprint density at radius 3 is 1.50 bits per heavy atom. The van der Waals surface area contributed by atoms with Crippen LogP contribution in [-0.4, -0.2) is 10.2 Å². The summed E-state index contributed by atoms with van der Waals surface area (Å²) >= 11 is 3.31. The van der Waals surface area contributed by atoms with Gasteiger partial charge in [0.25, 0.3) is 0 Å². The fourth-order valence-corrected chi connectivity index (χ4v) is 4.93. The van der Waals surface area contributed by atoms with E-state index in [1.54, 1.807) is 34.8 Å². The molecule has 4 heteroatoms. The molecule has 4 rings (SSSR count). The van der Waals surface area contributed by atoms with Crippen LogP contribution >= 0.6 is 22.7 Å². The lowest BCUT2D eigenvalue weighted by molar-refractivity contribution is 0.477. The van der Waals surface area contributed by atoms with Crippen molar-refractivity contribution in [2.75, 3.05) is 0 Å². The van der Waals surface area contributed by atoms with Crippen molar-refractivity contribution in [2.45, 2.75) is 13.8 Å². The molecular formula is C16H12O2S2. The number of hydrogen-bond acceptors (Lipinski definition) is 4. The maximum atomic E-state index is 10.4. The molecule has 2 N–H and O–H groups in total. The molecule has 0 aliphatic carbocycles. The summed E-state index contributed by atoms with van der Waals surface area (Å²) in [7, 11) is 0. The van der Waals surface area contributed by atoms with Crippen LogP contribution in [0.1, 0.15) is 9.75 Å². The molecule has 0 aliphatic rings. The Balaban J connectivity index is 2.38. The number of fused-ring (bicyclic) bond motifs is 5. The number of hydrogen-bond donors (Lipinski definition) is 2. The topological polar surface area (TPSA) is 40.5 Å². The summed E-state index contributed by atoms with van der Waals surface area (Å²) in [6, 6.07) is 7.69. The molecule has 100 valence electrons. The molecule has 0 radical (unpaired) electrons. The molecule has 0 amide bonds. The normalized spacial score (nSPS) is 11.9. The maximum absolute atomic E-state index is 10.4. The van der Waals surface area contributed by atoms with Gasteiger partial charge in [-0.05, 0) is 48.9 Å². The Kier molecular flexibility index (Phi) is 2.32. The van der Waals surface area contributed by atoms with E-state index in [-0.39, 0.29) is 11.5 Å². The lowest BCUT2D eigenvalue weighted by Crippen LogP contribution is -1.78. The first-order valence-corrected chi connectivity index (χ1v) is 7.96. The van der Waals surface area contributed by atoms with Crippen molar-refractivity contribution in [2.24, 2.45) is 0 Å². The quantitative estimate of drug-likeness (QED) is 0.463. The lowest BCUT2D eigenvalue weighted by atomic mass is 10.0. The third-order valence-electron chi connectivity index (χ3n) is 3.57. The second kappa shape index (κ2) is 3.87. The Labute approximate surface area is 123 Å². The van der Waals surface area contributed by atoms with E-state index < -0.39 is 0 Å². The van der Waals surface area contributed by atoms with Crippen molar-refractivity contribution in [3.8, 4) is 11.5 Å². The predicted octanol–water partition coefficient (Wildman–Crippen LogP) is 5.30. The Bertz CT molecular complexity index is 911. The van der Waals surface area contributed by atoms with E-state index in [9.17, 15) is 10.2 Å². The van der Waals surface area contributed by atoms with Gasteiger partial charge in [-0.2, -0.15) is 0 Å². The SMILES string of the molecule is Cc1cc2cc(O)c3c4sc(C)cc4cc(O)c3c2s1. The standard InChI is InChI=1S/C16H12O2S2/c1-7-3-9-5-11(17)14-13(15(9)19-7)12(18)6-10-4-8(2)20-16(10)14/h3-6,17-18H,1-2H3. The van der Waals surface area contributed by atoms with Crippen molar-refractivity contribution < 1.29 is 10.2 Å². The van der Waals surface area contributed by atoms with E-state index in [2.05, 4.69) is 0 Å². The molecule has 0 saturated heterocycles. The van der Waals surface area contributed by atoms with E-state index in [0.29, 0.717) is 0 Å².